The Morgan fingerprint density at radius 3 is 2.77 bits per heavy atom. The van der Waals surface area contributed by atoms with Crippen molar-refractivity contribution in [3.05, 3.63) is 23.9 Å². The van der Waals surface area contributed by atoms with Gasteiger partial charge in [0.1, 0.15) is 8.80 Å². The molecule has 0 atom stereocenters. The van der Waals surface area contributed by atoms with E-state index in [1.165, 1.54) is 30.1 Å². The van der Waals surface area contributed by atoms with E-state index in [9.17, 15) is 0 Å². The standard InChI is InChI=1S/C11H18NSi/c1-4-5-6-10-7-8-12-11(9-10)13(2)3/h7-9H,4-6H2,1-3H3. The summed E-state index contributed by atoms with van der Waals surface area (Å²) < 4.78 is 0. The highest BCUT2D eigenvalue weighted by Crippen LogP contribution is 2.02. The summed E-state index contributed by atoms with van der Waals surface area (Å²) >= 11 is 0. The van der Waals surface area contributed by atoms with Crippen LogP contribution in [0.3, 0.4) is 0 Å². The molecule has 0 saturated carbocycles. The van der Waals surface area contributed by atoms with Crippen LogP contribution in [0.2, 0.25) is 13.1 Å². The molecule has 0 bridgehead atoms. The molecule has 1 aromatic heterocycles. The van der Waals surface area contributed by atoms with Crippen LogP contribution < -0.4 is 5.32 Å². The molecule has 0 fully saturated rings. The predicted octanol–water partition coefficient (Wildman–Crippen LogP) is 2.39. The summed E-state index contributed by atoms with van der Waals surface area (Å²) in [6, 6.07) is 4.42. The van der Waals surface area contributed by atoms with Gasteiger partial charge >= 0.3 is 0 Å². The molecule has 0 aliphatic heterocycles. The number of unbranched alkanes of at least 4 members (excludes halogenated alkanes) is 1. The number of rotatable bonds is 4. The predicted molar refractivity (Wildman–Crippen MR) is 60.0 cm³/mol. The molecule has 0 N–H and O–H groups in total. The quantitative estimate of drug-likeness (QED) is 0.668. The van der Waals surface area contributed by atoms with E-state index in [0.29, 0.717) is 0 Å². The zero-order valence-electron chi connectivity index (χ0n) is 8.80. The largest absolute Gasteiger partial charge is 0.266 e. The van der Waals surface area contributed by atoms with E-state index in [-0.39, 0.29) is 8.80 Å². The molecule has 0 unspecified atom stereocenters. The zero-order chi connectivity index (χ0) is 9.68. The van der Waals surface area contributed by atoms with Crippen molar-refractivity contribution >= 4 is 14.1 Å². The molecule has 0 spiro atoms. The van der Waals surface area contributed by atoms with Gasteiger partial charge in [-0.2, -0.15) is 0 Å². The number of aromatic nitrogens is 1. The Morgan fingerprint density at radius 1 is 1.38 bits per heavy atom. The van der Waals surface area contributed by atoms with Crippen molar-refractivity contribution in [3.63, 3.8) is 0 Å². The van der Waals surface area contributed by atoms with Gasteiger partial charge in [-0.25, -0.2) is 0 Å². The van der Waals surface area contributed by atoms with Crippen LogP contribution >= 0.6 is 0 Å². The van der Waals surface area contributed by atoms with Gasteiger partial charge in [-0.3, -0.25) is 4.98 Å². The molecular weight excluding hydrogens is 174 g/mol. The number of hydrogen-bond donors (Lipinski definition) is 0. The van der Waals surface area contributed by atoms with Gasteiger partial charge in [0.25, 0.3) is 0 Å². The maximum absolute atomic E-state index is 4.39. The first kappa shape index (κ1) is 10.4. The van der Waals surface area contributed by atoms with Crippen molar-refractivity contribution in [1.29, 1.82) is 0 Å². The maximum Gasteiger partial charge on any atom is 0.104 e. The molecule has 2 heteroatoms. The first-order valence-corrected chi connectivity index (χ1v) is 7.49. The first-order valence-electron chi connectivity index (χ1n) is 4.99. The summed E-state index contributed by atoms with van der Waals surface area (Å²) in [6.07, 6.45) is 5.73. The normalized spacial score (nSPS) is 10.8. The summed E-state index contributed by atoms with van der Waals surface area (Å²) in [7, 11) is -0.370. The second-order valence-corrected chi connectivity index (χ2v) is 6.17. The molecule has 13 heavy (non-hydrogen) atoms. The van der Waals surface area contributed by atoms with Crippen LogP contribution in [0.15, 0.2) is 18.3 Å². The van der Waals surface area contributed by atoms with E-state index in [4.69, 9.17) is 0 Å². The van der Waals surface area contributed by atoms with Gasteiger partial charge < -0.3 is 0 Å². The number of nitrogens with zero attached hydrogens (tertiary/aromatic N) is 1. The Balaban J connectivity index is 2.68. The van der Waals surface area contributed by atoms with Crippen molar-refractivity contribution < 1.29 is 0 Å². The smallest absolute Gasteiger partial charge is 0.104 e. The Labute approximate surface area is 82.8 Å². The van der Waals surface area contributed by atoms with E-state index in [2.05, 4.69) is 37.1 Å². The molecule has 71 valence electrons. The fourth-order valence-electron chi connectivity index (χ4n) is 1.28. The van der Waals surface area contributed by atoms with Gasteiger partial charge in [0, 0.05) is 11.5 Å². The van der Waals surface area contributed by atoms with Crippen molar-refractivity contribution in [3.8, 4) is 0 Å². The Bertz CT molecular complexity index is 258. The molecule has 0 saturated heterocycles. The summed E-state index contributed by atoms with van der Waals surface area (Å²) in [6.45, 7) is 6.81. The monoisotopic (exact) mass is 192 g/mol. The van der Waals surface area contributed by atoms with Crippen LogP contribution in [0.5, 0.6) is 0 Å². The lowest BCUT2D eigenvalue weighted by atomic mass is 10.1. The first-order chi connectivity index (χ1) is 6.24. The lowest BCUT2D eigenvalue weighted by Gasteiger charge is -2.05. The second kappa shape index (κ2) is 5.17. The van der Waals surface area contributed by atoms with Crippen LogP contribution in [0.25, 0.3) is 0 Å². The average molecular weight is 192 g/mol. The molecule has 1 heterocycles. The summed E-state index contributed by atoms with van der Waals surface area (Å²) in [5, 5.41) is 1.32. The lowest BCUT2D eigenvalue weighted by molar-refractivity contribution is 0.794. The van der Waals surface area contributed by atoms with Gasteiger partial charge in [-0.05, 0) is 30.5 Å². The minimum Gasteiger partial charge on any atom is -0.266 e. The molecule has 1 rings (SSSR count). The summed E-state index contributed by atoms with van der Waals surface area (Å²) in [5.74, 6) is 0. The molecule has 0 aliphatic rings. The third-order valence-electron chi connectivity index (χ3n) is 2.16. The van der Waals surface area contributed by atoms with Crippen LogP contribution in [0, 0.1) is 0 Å². The topological polar surface area (TPSA) is 12.9 Å². The Morgan fingerprint density at radius 2 is 2.15 bits per heavy atom. The van der Waals surface area contributed by atoms with Crippen LogP contribution in [0.1, 0.15) is 25.3 Å². The van der Waals surface area contributed by atoms with Crippen LogP contribution in [0.4, 0.5) is 0 Å². The van der Waals surface area contributed by atoms with E-state index in [1.54, 1.807) is 0 Å². The fourth-order valence-corrected chi connectivity index (χ4v) is 2.09. The van der Waals surface area contributed by atoms with Crippen molar-refractivity contribution in [1.82, 2.24) is 4.98 Å². The van der Waals surface area contributed by atoms with E-state index in [1.807, 2.05) is 6.20 Å². The Kier molecular flexibility index (Phi) is 4.16. The van der Waals surface area contributed by atoms with Crippen LogP contribution in [-0.4, -0.2) is 13.8 Å². The summed E-state index contributed by atoms with van der Waals surface area (Å²) in [4.78, 5) is 4.39. The molecular formula is C11H18NSi. The van der Waals surface area contributed by atoms with Gasteiger partial charge in [0.15, 0.2) is 0 Å². The maximum atomic E-state index is 4.39. The lowest BCUT2D eigenvalue weighted by Crippen LogP contribution is -2.26. The Hall–Kier alpha value is -0.633. The molecule has 1 aromatic rings. The second-order valence-electron chi connectivity index (χ2n) is 3.65. The molecule has 1 radical (unpaired) electrons. The number of pyridine rings is 1. The van der Waals surface area contributed by atoms with Crippen molar-refractivity contribution in [2.24, 2.45) is 0 Å². The fraction of sp³-hybridized carbons (Fsp3) is 0.545. The minimum atomic E-state index is -0.370. The van der Waals surface area contributed by atoms with Gasteiger partial charge in [0.2, 0.25) is 0 Å². The molecule has 0 aromatic carbocycles. The minimum absolute atomic E-state index is 0.370. The molecule has 0 aliphatic carbocycles. The SMILES string of the molecule is CCCCc1ccnc([Si](C)C)c1. The third-order valence-corrected chi connectivity index (χ3v) is 3.45. The van der Waals surface area contributed by atoms with E-state index in [0.717, 1.165) is 0 Å². The molecule has 0 amide bonds. The summed E-state index contributed by atoms with van der Waals surface area (Å²) in [5.41, 5.74) is 1.46. The van der Waals surface area contributed by atoms with Gasteiger partial charge in [-0.15, -0.1) is 0 Å². The highest BCUT2D eigenvalue weighted by Gasteiger charge is 2.02. The number of hydrogen-bond acceptors (Lipinski definition) is 1. The highest BCUT2D eigenvalue weighted by molar-refractivity contribution is 6.69. The average Bonchev–Trinajstić information content (AvgIpc) is 2.15. The third kappa shape index (κ3) is 3.31. The van der Waals surface area contributed by atoms with Crippen molar-refractivity contribution in [2.75, 3.05) is 0 Å². The van der Waals surface area contributed by atoms with Crippen LogP contribution in [-0.2, 0) is 6.42 Å². The molecule has 1 nitrogen and oxygen atoms in total. The van der Waals surface area contributed by atoms with E-state index < -0.39 is 0 Å². The number of aryl methyl sites for hydroxylation is 1. The zero-order valence-corrected chi connectivity index (χ0v) is 9.80. The van der Waals surface area contributed by atoms with Gasteiger partial charge in [-0.1, -0.05) is 26.4 Å². The van der Waals surface area contributed by atoms with Gasteiger partial charge in [0.05, 0.1) is 0 Å². The van der Waals surface area contributed by atoms with E-state index >= 15 is 0 Å². The van der Waals surface area contributed by atoms with Crippen molar-refractivity contribution in [2.45, 2.75) is 39.3 Å². The highest BCUT2D eigenvalue weighted by atomic mass is 28.3.